The number of hydrogen-bond donors (Lipinski definition) is 0. The molecule has 0 spiro atoms. The molecule has 0 saturated carbocycles. The third kappa shape index (κ3) is 2.84. The highest BCUT2D eigenvalue weighted by Crippen LogP contribution is 2.24. The topological polar surface area (TPSA) is 105 Å². The smallest absolute Gasteiger partial charge is 0.308 e. The first-order valence-corrected chi connectivity index (χ1v) is 8.28. The van der Waals surface area contributed by atoms with Gasteiger partial charge >= 0.3 is 5.69 Å². The number of thioether (sulfide) groups is 1. The lowest BCUT2D eigenvalue weighted by Gasteiger charge is -2.06. The number of aromatic nitrogens is 4. The van der Waals surface area contributed by atoms with Crippen molar-refractivity contribution in [2.24, 2.45) is 21.1 Å². The Morgan fingerprint density at radius 3 is 2.32 bits per heavy atom. The molecular weight excluding hydrogens is 346 g/mol. The summed E-state index contributed by atoms with van der Waals surface area (Å²) < 4.78 is 4.12. The van der Waals surface area contributed by atoms with Gasteiger partial charge in [0.05, 0.1) is 4.92 Å². The fourth-order valence-electron chi connectivity index (χ4n) is 2.55. The summed E-state index contributed by atoms with van der Waals surface area (Å²) >= 11 is 1.39. The van der Waals surface area contributed by atoms with Gasteiger partial charge in [0.2, 0.25) is 0 Å². The van der Waals surface area contributed by atoms with E-state index in [9.17, 15) is 19.7 Å². The second kappa shape index (κ2) is 6.20. The minimum Gasteiger partial charge on any atom is -0.308 e. The molecule has 0 aliphatic rings. The van der Waals surface area contributed by atoms with Crippen LogP contribution in [0.15, 0.2) is 39.0 Å². The Morgan fingerprint density at radius 1 is 1.08 bits per heavy atom. The van der Waals surface area contributed by atoms with E-state index in [4.69, 9.17) is 0 Å². The molecule has 9 nitrogen and oxygen atoms in total. The largest absolute Gasteiger partial charge is 0.332 e. The van der Waals surface area contributed by atoms with Crippen LogP contribution in [0.3, 0.4) is 0 Å². The third-order valence-corrected chi connectivity index (χ3v) is 5.04. The Hall–Kier alpha value is -2.88. The summed E-state index contributed by atoms with van der Waals surface area (Å²) in [5.41, 5.74) is 0.778. The van der Waals surface area contributed by atoms with Crippen LogP contribution in [-0.4, -0.2) is 23.6 Å². The van der Waals surface area contributed by atoms with E-state index in [1.807, 2.05) is 0 Å². The number of nitro groups is 1. The number of aryl methyl sites for hydroxylation is 2. The SMILES string of the molecule is Cn1c(=O)c2nc(SCc3ccc([N+](=O)[O-])cc3)n(C)c2n(C)c1=O. The van der Waals surface area contributed by atoms with Crippen molar-refractivity contribution in [3.05, 3.63) is 60.8 Å². The second-order valence-electron chi connectivity index (χ2n) is 5.54. The van der Waals surface area contributed by atoms with E-state index in [1.165, 1.54) is 35.5 Å². The lowest BCUT2D eigenvalue weighted by Crippen LogP contribution is -2.37. The molecular formula is C15H15N5O4S. The molecule has 130 valence electrons. The normalized spacial score (nSPS) is 11.2. The van der Waals surface area contributed by atoms with E-state index < -0.39 is 16.2 Å². The van der Waals surface area contributed by atoms with Crippen LogP contribution in [0.4, 0.5) is 5.69 Å². The Kier molecular flexibility index (Phi) is 4.21. The van der Waals surface area contributed by atoms with Crippen LogP contribution in [-0.2, 0) is 26.9 Å². The van der Waals surface area contributed by atoms with Gasteiger partial charge in [-0.25, -0.2) is 9.78 Å². The van der Waals surface area contributed by atoms with Gasteiger partial charge in [0.15, 0.2) is 16.3 Å². The van der Waals surface area contributed by atoms with Gasteiger partial charge in [-0.05, 0) is 5.56 Å². The molecule has 0 fully saturated rings. The molecule has 1 aromatic carbocycles. The van der Waals surface area contributed by atoms with Gasteiger partial charge in [-0.1, -0.05) is 23.9 Å². The number of nitrogens with zero attached hydrogens (tertiary/aromatic N) is 5. The fraction of sp³-hybridized carbons (Fsp3) is 0.267. The van der Waals surface area contributed by atoms with Gasteiger partial charge in [0, 0.05) is 39.0 Å². The first-order valence-electron chi connectivity index (χ1n) is 7.30. The number of benzene rings is 1. The van der Waals surface area contributed by atoms with E-state index in [2.05, 4.69) is 4.98 Å². The van der Waals surface area contributed by atoms with Crippen molar-refractivity contribution in [3.63, 3.8) is 0 Å². The minimum absolute atomic E-state index is 0.0370. The van der Waals surface area contributed by atoms with Gasteiger partial charge in [-0.15, -0.1) is 0 Å². The van der Waals surface area contributed by atoms with Gasteiger partial charge in [-0.3, -0.25) is 24.0 Å². The molecule has 0 atom stereocenters. The first kappa shape index (κ1) is 17.0. The second-order valence-corrected chi connectivity index (χ2v) is 6.49. The van der Waals surface area contributed by atoms with Crippen molar-refractivity contribution in [1.29, 1.82) is 0 Å². The monoisotopic (exact) mass is 361 g/mol. The molecule has 0 radical (unpaired) electrons. The highest BCUT2D eigenvalue weighted by molar-refractivity contribution is 7.98. The maximum atomic E-state index is 12.2. The van der Waals surface area contributed by atoms with Crippen molar-refractivity contribution in [3.8, 4) is 0 Å². The molecule has 2 heterocycles. The van der Waals surface area contributed by atoms with E-state index >= 15 is 0 Å². The minimum atomic E-state index is -0.446. The molecule has 0 N–H and O–H groups in total. The first-order chi connectivity index (χ1) is 11.8. The molecule has 3 aromatic rings. The van der Waals surface area contributed by atoms with Crippen molar-refractivity contribution < 1.29 is 4.92 Å². The zero-order valence-corrected chi connectivity index (χ0v) is 14.6. The highest BCUT2D eigenvalue weighted by atomic mass is 32.2. The summed E-state index contributed by atoms with van der Waals surface area (Å²) in [5.74, 6) is 0.531. The lowest BCUT2D eigenvalue weighted by atomic mass is 10.2. The van der Waals surface area contributed by atoms with Crippen LogP contribution in [0.2, 0.25) is 0 Å². The molecule has 0 amide bonds. The molecule has 3 rings (SSSR count). The third-order valence-electron chi connectivity index (χ3n) is 3.94. The van der Waals surface area contributed by atoms with Crippen molar-refractivity contribution in [2.45, 2.75) is 10.9 Å². The van der Waals surface area contributed by atoms with Crippen molar-refractivity contribution >= 4 is 28.6 Å². The van der Waals surface area contributed by atoms with E-state index in [0.717, 1.165) is 10.1 Å². The number of nitro benzene ring substituents is 1. The van der Waals surface area contributed by atoms with Crippen LogP contribution in [0, 0.1) is 10.1 Å². The summed E-state index contributed by atoms with van der Waals surface area (Å²) in [7, 11) is 4.76. The lowest BCUT2D eigenvalue weighted by molar-refractivity contribution is -0.384. The van der Waals surface area contributed by atoms with Crippen LogP contribution in [0.1, 0.15) is 5.56 Å². The van der Waals surface area contributed by atoms with Crippen molar-refractivity contribution in [2.75, 3.05) is 0 Å². The van der Waals surface area contributed by atoms with Crippen LogP contribution >= 0.6 is 11.8 Å². The predicted molar refractivity (Wildman–Crippen MR) is 93.9 cm³/mol. The zero-order valence-electron chi connectivity index (χ0n) is 13.8. The number of non-ortho nitro benzene ring substituents is 1. The molecule has 0 aliphatic heterocycles. The Balaban J connectivity index is 1.95. The molecule has 25 heavy (non-hydrogen) atoms. The summed E-state index contributed by atoms with van der Waals surface area (Å²) in [5, 5.41) is 11.3. The summed E-state index contributed by atoms with van der Waals surface area (Å²) in [6.07, 6.45) is 0. The predicted octanol–water partition coefficient (Wildman–Crippen LogP) is 1.17. The molecule has 10 heteroatoms. The average Bonchev–Trinajstić information content (AvgIpc) is 2.93. The molecule has 0 unspecified atom stereocenters. The van der Waals surface area contributed by atoms with Gasteiger partial charge in [0.1, 0.15) is 0 Å². The van der Waals surface area contributed by atoms with Gasteiger partial charge in [0.25, 0.3) is 11.2 Å². The van der Waals surface area contributed by atoms with Crippen LogP contribution in [0.25, 0.3) is 11.2 Å². The Labute approximate surface area is 145 Å². The highest BCUT2D eigenvalue weighted by Gasteiger charge is 2.17. The van der Waals surface area contributed by atoms with Crippen molar-refractivity contribution in [1.82, 2.24) is 18.7 Å². The Morgan fingerprint density at radius 2 is 1.72 bits per heavy atom. The van der Waals surface area contributed by atoms with Gasteiger partial charge in [-0.2, -0.15) is 0 Å². The summed E-state index contributed by atoms with van der Waals surface area (Å²) in [6.45, 7) is 0. The maximum Gasteiger partial charge on any atom is 0.332 e. The number of imidazole rings is 1. The van der Waals surface area contributed by atoms with E-state index in [-0.39, 0.29) is 11.2 Å². The fourth-order valence-corrected chi connectivity index (χ4v) is 3.47. The quantitative estimate of drug-likeness (QED) is 0.392. The van der Waals surface area contributed by atoms with Gasteiger partial charge < -0.3 is 4.57 Å². The zero-order chi connectivity index (χ0) is 18.3. The average molecular weight is 361 g/mol. The standard InChI is InChI=1S/C15H15N5O4S/c1-17-12-11(13(21)19(3)15(22)18(12)2)16-14(17)25-8-9-4-6-10(7-5-9)20(23)24/h4-7H,8H2,1-3H3. The number of rotatable bonds is 4. The number of hydrogen-bond acceptors (Lipinski definition) is 6. The maximum absolute atomic E-state index is 12.2. The molecule has 0 aliphatic carbocycles. The summed E-state index contributed by atoms with van der Waals surface area (Å²) in [4.78, 5) is 38.9. The Bertz CT molecular complexity index is 1090. The molecule has 2 aromatic heterocycles. The van der Waals surface area contributed by atoms with E-state index in [0.29, 0.717) is 16.6 Å². The van der Waals surface area contributed by atoms with Crippen LogP contribution in [0.5, 0.6) is 0 Å². The van der Waals surface area contributed by atoms with E-state index in [1.54, 1.807) is 30.8 Å². The molecule has 0 saturated heterocycles. The number of fused-ring (bicyclic) bond motifs is 1. The summed E-state index contributed by atoms with van der Waals surface area (Å²) in [6, 6.07) is 6.26. The van der Waals surface area contributed by atoms with Crippen LogP contribution < -0.4 is 11.2 Å². The molecule has 0 bridgehead atoms.